The maximum absolute atomic E-state index is 12.0. The van der Waals surface area contributed by atoms with Crippen LogP contribution in [0.3, 0.4) is 0 Å². The van der Waals surface area contributed by atoms with Crippen LogP contribution in [0.1, 0.15) is 30.6 Å². The number of nitrogens with zero attached hydrogens (tertiary/aromatic N) is 1. The predicted molar refractivity (Wildman–Crippen MR) is 81.2 cm³/mol. The summed E-state index contributed by atoms with van der Waals surface area (Å²) in [5, 5.41) is 5.73. The smallest absolute Gasteiger partial charge is 0.225 e. The van der Waals surface area contributed by atoms with Gasteiger partial charge in [-0.25, -0.2) is 0 Å². The van der Waals surface area contributed by atoms with Crippen molar-refractivity contribution in [2.45, 2.75) is 38.3 Å². The summed E-state index contributed by atoms with van der Waals surface area (Å²) in [7, 11) is 0. The van der Waals surface area contributed by atoms with Gasteiger partial charge < -0.3 is 10.2 Å². The number of hydrogen-bond acceptors (Lipinski definition) is 3. The zero-order valence-corrected chi connectivity index (χ0v) is 13.3. The molecular weight excluding hydrogens is 324 g/mol. The van der Waals surface area contributed by atoms with Crippen molar-refractivity contribution < 1.29 is 4.79 Å². The highest BCUT2D eigenvalue weighted by Gasteiger charge is 2.34. The maximum atomic E-state index is 12.0. The summed E-state index contributed by atoms with van der Waals surface area (Å²) in [5.74, 6) is 0.772. The van der Waals surface area contributed by atoms with Gasteiger partial charge in [-0.05, 0) is 47.7 Å². The average molecular weight is 343 g/mol. The molecule has 0 unspecified atom stereocenters. The Morgan fingerprint density at radius 3 is 2.68 bits per heavy atom. The van der Waals surface area contributed by atoms with Crippen molar-refractivity contribution >= 4 is 33.2 Å². The predicted octanol–water partition coefficient (Wildman–Crippen LogP) is 3.00. The van der Waals surface area contributed by atoms with Crippen LogP contribution < -0.4 is 5.32 Å². The fourth-order valence-corrected chi connectivity index (χ4v) is 3.99. The van der Waals surface area contributed by atoms with Crippen LogP contribution in [0.4, 0.5) is 0 Å². The minimum absolute atomic E-state index is 0.368. The molecule has 3 rings (SSSR count). The van der Waals surface area contributed by atoms with Gasteiger partial charge in [-0.3, -0.25) is 4.79 Å². The summed E-state index contributed by atoms with van der Waals surface area (Å²) in [4.78, 5) is 15.4. The van der Waals surface area contributed by atoms with Crippen molar-refractivity contribution in [3.63, 3.8) is 0 Å². The fourth-order valence-electron chi connectivity index (χ4n) is 2.58. The maximum Gasteiger partial charge on any atom is 0.225 e. The Labute approximate surface area is 126 Å². The van der Waals surface area contributed by atoms with Gasteiger partial charge in [0, 0.05) is 46.3 Å². The molecule has 0 aromatic carbocycles. The Hall–Kier alpha value is -0.390. The Kier molecular flexibility index (Phi) is 4.24. The second-order valence-electron chi connectivity index (χ2n) is 5.49. The van der Waals surface area contributed by atoms with Gasteiger partial charge in [0.25, 0.3) is 0 Å². The third kappa shape index (κ3) is 3.58. The van der Waals surface area contributed by atoms with Gasteiger partial charge in [0.1, 0.15) is 0 Å². The Morgan fingerprint density at radius 1 is 1.37 bits per heavy atom. The molecule has 0 spiro atoms. The van der Waals surface area contributed by atoms with E-state index in [9.17, 15) is 4.79 Å². The number of thiophene rings is 1. The van der Waals surface area contributed by atoms with Crippen molar-refractivity contribution in [1.82, 2.24) is 10.2 Å². The molecule has 1 aromatic rings. The lowest BCUT2D eigenvalue weighted by Crippen LogP contribution is -2.45. The lowest BCUT2D eigenvalue weighted by Gasteiger charge is -2.32. The third-order valence-corrected chi connectivity index (χ3v) is 5.62. The van der Waals surface area contributed by atoms with Crippen LogP contribution in [0, 0.1) is 5.92 Å². The van der Waals surface area contributed by atoms with E-state index >= 15 is 0 Å². The van der Waals surface area contributed by atoms with Crippen LogP contribution in [0.5, 0.6) is 0 Å². The largest absolute Gasteiger partial charge is 0.342 e. The average Bonchev–Trinajstić information content (AvgIpc) is 3.19. The van der Waals surface area contributed by atoms with Crippen LogP contribution in [-0.2, 0) is 11.3 Å². The molecule has 3 nitrogen and oxygen atoms in total. The SMILES string of the molecule is O=C(C1CC1)N1CCC(NCc2cc(Br)cs2)CC1. The van der Waals surface area contributed by atoms with Crippen molar-refractivity contribution in [2.24, 2.45) is 5.92 Å². The van der Waals surface area contributed by atoms with Gasteiger partial charge in [-0.2, -0.15) is 0 Å². The molecule has 104 valence electrons. The Balaban J connectivity index is 1.41. The number of rotatable bonds is 4. The molecule has 19 heavy (non-hydrogen) atoms. The standard InChI is InChI=1S/C14H19BrN2OS/c15-11-7-13(19-9-11)8-16-12-3-5-17(6-4-12)14(18)10-1-2-10/h7,9-10,12,16H,1-6,8H2. The quantitative estimate of drug-likeness (QED) is 0.912. The first-order valence-corrected chi connectivity index (χ1v) is 8.65. The van der Waals surface area contributed by atoms with E-state index in [-0.39, 0.29) is 0 Å². The van der Waals surface area contributed by atoms with Crippen molar-refractivity contribution in [2.75, 3.05) is 13.1 Å². The van der Waals surface area contributed by atoms with Crippen LogP contribution in [0.25, 0.3) is 0 Å². The van der Waals surface area contributed by atoms with Crippen molar-refractivity contribution in [1.29, 1.82) is 0 Å². The number of carbonyl (C=O) groups is 1. The van der Waals surface area contributed by atoms with Gasteiger partial charge in [0.05, 0.1) is 0 Å². The molecule has 1 saturated heterocycles. The van der Waals surface area contributed by atoms with E-state index in [1.54, 1.807) is 11.3 Å². The molecule has 1 saturated carbocycles. The number of nitrogens with one attached hydrogen (secondary N) is 1. The van der Waals surface area contributed by atoms with E-state index in [4.69, 9.17) is 0 Å². The molecule has 0 atom stereocenters. The van der Waals surface area contributed by atoms with Crippen molar-refractivity contribution in [3.8, 4) is 0 Å². The number of likely N-dealkylation sites (tertiary alicyclic amines) is 1. The zero-order chi connectivity index (χ0) is 13.2. The Morgan fingerprint density at radius 2 is 2.11 bits per heavy atom. The van der Waals surface area contributed by atoms with E-state index in [1.807, 2.05) is 0 Å². The summed E-state index contributed by atoms with van der Waals surface area (Å²) >= 11 is 5.26. The lowest BCUT2D eigenvalue weighted by atomic mass is 10.0. The summed E-state index contributed by atoms with van der Waals surface area (Å²) in [6, 6.07) is 2.73. The number of carbonyl (C=O) groups excluding carboxylic acids is 1. The molecule has 1 N–H and O–H groups in total. The van der Waals surface area contributed by atoms with E-state index < -0.39 is 0 Å². The Bertz CT molecular complexity index is 450. The van der Waals surface area contributed by atoms with Crippen LogP contribution in [0.15, 0.2) is 15.9 Å². The fraction of sp³-hybridized carbons (Fsp3) is 0.643. The minimum Gasteiger partial charge on any atom is -0.342 e. The molecule has 1 aliphatic carbocycles. The second-order valence-corrected chi connectivity index (χ2v) is 7.40. The van der Waals surface area contributed by atoms with Gasteiger partial charge in [0.15, 0.2) is 0 Å². The van der Waals surface area contributed by atoms with E-state index in [1.165, 1.54) is 9.35 Å². The molecule has 1 aliphatic heterocycles. The third-order valence-electron chi connectivity index (χ3n) is 3.92. The monoisotopic (exact) mass is 342 g/mol. The minimum atomic E-state index is 0.368. The van der Waals surface area contributed by atoms with Gasteiger partial charge in [0.2, 0.25) is 5.91 Å². The molecule has 2 fully saturated rings. The topological polar surface area (TPSA) is 32.3 Å². The van der Waals surface area contributed by atoms with Crippen LogP contribution >= 0.6 is 27.3 Å². The highest BCUT2D eigenvalue weighted by atomic mass is 79.9. The molecule has 2 aliphatic rings. The van der Waals surface area contributed by atoms with E-state index in [2.05, 4.69) is 37.6 Å². The molecular formula is C14H19BrN2OS. The number of piperidine rings is 1. The molecule has 1 aromatic heterocycles. The van der Waals surface area contributed by atoms with Crippen LogP contribution in [0.2, 0.25) is 0 Å². The first-order valence-electron chi connectivity index (χ1n) is 6.97. The summed E-state index contributed by atoms with van der Waals surface area (Å²) < 4.78 is 1.17. The molecule has 2 heterocycles. The molecule has 5 heteroatoms. The molecule has 0 bridgehead atoms. The zero-order valence-electron chi connectivity index (χ0n) is 10.9. The van der Waals surface area contributed by atoms with E-state index in [0.29, 0.717) is 17.9 Å². The number of halogens is 1. The van der Waals surface area contributed by atoms with E-state index in [0.717, 1.165) is 45.3 Å². The second kappa shape index (κ2) is 5.94. The highest BCUT2D eigenvalue weighted by molar-refractivity contribution is 9.10. The lowest BCUT2D eigenvalue weighted by molar-refractivity contribution is -0.133. The normalized spacial score (nSPS) is 20.8. The summed E-state index contributed by atoms with van der Waals surface area (Å²) in [5.41, 5.74) is 0. The van der Waals surface area contributed by atoms with Gasteiger partial charge in [-0.1, -0.05) is 0 Å². The highest BCUT2D eigenvalue weighted by Crippen LogP contribution is 2.32. The molecule has 1 amide bonds. The number of hydrogen-bond donors (Lipinski definition) is 1. The summed E-state index contributed by atoms with van der Waals surface area (Å²) in [6.45, 7) is 2.81. The summed E-state index contributed by atoms with van der Waals surface area (Å²) in [6.07, 6.45) is 4.41. The van der Waals surface area contributed by atoms with Crippen LogP contribution in [-0.4, -0.2) is 29.9 Å². The molecule has 0 radical (unpaired) electrons. The first kappa shape index (κ1) is 13.6. The van der Waals surface area contributed by atoms with Gasteiger partial charge in [-0.15, -0.1) is 11.3 Å². The number of amides is 1. The van der Waals surface area contributed by atoms with Crippen molar-refractivity contribution in [3.05, 3.63) is 20.8 Å². The van der Waals surface area contributed by atoms with Gasteiger partial charge >= 0.3 is 0 Å². The first-order chi connectivity index (χ1) is 9.22.